The SMILES string of the molecule is Ic1cccc(-c2ccc(N(c3ccccc3)c3ccc(-c4cccc(I)c4)cc3)cc2)c1. The average molecular weight is 649 g/mol. The van der Waals surface area contributed by atoms with Crippen LogP contribution in [0.1, 0.15) is 0 Å². The molecule has 0 atom stereocenters. The van der Waals surface area contributed by atoms with Crippen LogP contribution in [0, 0.1) is 7.14 Å². The number of rotatable bonds is 5. The minimum absolute atomic E-state index is 1.14. The molecule has 5 aromatic rings. The van der Waals surface area contributed by atoms with Crippen LogP contribution < -0.4 is 4.90 Å². The molecule has 0 saturated heterocycles. The monoisotopic (exact) mass is 649 g/mol. The first-order valence-corrected chi connectivity index (χ1v) is 12.9. The van der Waals surface area contributed by atoms with Gasteiger partial charge in [-0.2, -0.15) is 0 Å². The predicted octanol–water partition coefficient (Wildman–Crippen LogP) is 9.70. The highest BCUT2D eigenvalue weighted by Crippen LogP contribution is 2.36. The Morgan fingerprint density at radius 3 is 1.21 bits per heavy atom. The quantitative estimate of drug-likeness (QED) is 0.172. The first-order chi connectivity index (χ1) is 16.2. The predicted molar refractivity (Wildman–Crippen MR) is 157 cm³/mol. The van der Waals surface area contributed by atoms with Gasteiger partial charge in [0.15, 0.2) is 0 Å². The van der Waals surface area contributed by atoms with Gasteiger partial charge < -0.3 is 4.90 Å². The molecule has 0 bridgehead atoms. The molecule has 5 rings (SSSR count). The highest BCUT2D eigenvalue weighted by Gasteiger charge is 2.13. The van der Waals surface area contributed by atoms with Crippen molar-refractivity contribution >= 4 is 62.2 Å². The van der Waals surface area contributed by atoms with Crippen LogP contribution in [0.25, 0.3) is 22.3 Å². The van der Waals surface area contributed by atoms with Gasteiger partial charge in [-0.3, -0.25) is 0 Å². The van der Waals surface area contributed by atoms with Crippen molar-refractivity contribution in [3.63, 3.8) is 0 Å². The molecule has 0 N–H and O–H groups in total. The normalized spacial score (nSPS) is 10.7. The van der Waals surface area contributed by atoms with Gasteiger partial charge >= 0.3 is 0 Å². The molecule has 0 radical (unpaired) electrons. The second-order valence-electron chi connectivity index (χ2n) is 7.79. The molecule has 33 heavy (non-hydrogen) atoms. The summed E-state index contributed by atoms with van der Waals surface area (Å²) in [6, 6.07) is 45.4. The van der Waals surface area contributed by atoms with Gasteiger partial charge in [-0.25, -0.2) is 0 Å². The van der Waals surface area contributed by atoms with Gasteiger partial charge in [0, 0.05) is 24.2 Å². The lowest BCUT2D eigenvalue weighted by molar-refractivity contribution is 1.28. The Labute approximate surface area is 222 Å². The largest absolute Gasteiger partial charge is 0.311 e. The van der Waals surface area contributed by atoms with Gasteiger partial charge in [0.25, 0.3) is 0 Å². The summed E-state index contributed by atoms with van der Waals surface area (Å²) in [4.78, 5) is 2.30. The maximum atomic E-state index is 2.36. The molecule has 1 nitrogen and oxygen atoms in total. The van der Waals surface area contributed by atoms with Crippen LogP contribution in [-0.4, -0.2) is 0 Å². The Morgan fingerprint density at radius 1 is 0.364 bits per heavy atom. The van der Waals surface area contributed by atoms with E-state index < -0.39 is 0 Å². The standard InChI is InChI=1S/C30H21I2N/c31-26-8-4-6-24(20-26)22-12-16-29(17-13-22)33(28-10-2-1-3-11-28)30-18-14-23(15-19-30)25-7-5-9-27(32)21-25/h1-21H. The summed E-state index contributed by atoms with van der Waals surface area (Å²) < 4.78 is 2.49. The van der Waals surface area contributed by atoms with E-state index in [2.05, 4.69) is 177 Å². The third-order valence-electron chi connectivity index (χ3n) is 5.58. The first kappa shape index (κ1) is 22.2. The molecule has 0 aliphatic rings. The van der Waals surface area contributed by atoms with E-state index >= 15 is 0 Å². The smallest absolute Gasteiger partial charge is 0.0462 e. The molecule has 0 unspecified atom stereocenters. The number of benzene rings is 5. The number of nitrogens with zero attached hydrogens (tertiary/aromatic N) is 1. The number of anilines is 3. The van der Waals surface area contributed by atoms with Crippen molar-refractivity contribution in [2.75, 3.05) is 4.90 Å². The molecule has 3 heteroatoms. The number of halogens is 2. The Kier molecular flexibility index (Phi) is 6.78. The van der Waals surface area contributed by atoms with Crippen molar-refractivity contribution in [2.24, 2.45) is 0 Å². The highest BCUT2D eigenvalue weighted by molar-refractivity contribution is 14.1. The van der Waals surface area contributed by atoms with E-state index in [4.69, 9.17) is 0 Å². The Hall–Kier alpha value is -2.64. The zero-order chi connectivity index (χ0) is 22.6. The summed E-state index contributed by atoms with van der Waals surface area (Å²) in [5.74, 6) is 0. The molecular weight excluding hydrogens is 628 g/mol. The summed E-state index contributed by atoms with van der Waals surface area (Å²) in [6.45, 7) is 0. The van der Waals surface area contributed by atoms with E-state index in [-0.39, 0.29) is 0 Å². The number of hydrogen-bond acceptors (Lipinski definition) is 1. The molecule has 0 aromatic heterocycles. The van der Waals surface area contributed by atoms with Crippen molar-refractivity contribution < 1.29 is 0 Å². The van der Waals surface area contributed by atoms with Crippen molar-refractivity contribution in [3.05, 3.63) is 135 Å². The van der Waals surface area contributed by atoms with Crippen molar-refractivity contribution in [2.45, 2.75) is 0 Å². The van der Waals surface area contributed by atoms with E-state index in [9.17, 15) is 0 Å². The first-order valence-electron chi connectivity index (χ1n) is 10.7. The molecular formula is C30H21I2N. The molecule has 0 fully saturated rings. The zero-order valence-electron chi connectivity index (χ0n) is 17.8. The summed E-state index contributed by atoms with van der Waals surface area (Å²) >= 11 is 4.73. The van der Waals surface area contributed by atoms with Crippen molar-refractivity contribution in [1.82, 2.24) is 0 Å². The van der Waals surface area contributed by atoms with Gasteiger partial charge in [-0.05, 0) is 128 Å². The highest BCUT2D eigenvalue weighted by atomic mass is 127. The summed E-state index contributed by atoms with van der Waals surface area (Å²) in [7, 11) is 0. The van der Waals surface area contributed by atoms with Crippen LogP contribution in [0.3, 0.4) is 0 Å². The Morgan fingerprint density at radius 2 is 0.788 bits per heavy atom. The number of para-hydroxylation sites is 1. The van der Waals surface area contributed by atoms with Crippen LogP contribution >= 0.6 is 45.2 Å². The Balaban J connectivity index is 1.52. The van der Waals surface area contributed by atoms with Crippen LogP contribution in [-0.2, 0) is 0 Å². The topological polar surface area (TPSA) is 3.24 Å². The van der Waals surface area contributed by atoms with E-state index in [1.165, 1.54) is 29.4 Å². The van der Waals surface area contributed by atoms with Gasteiger partial charge in [0.05, 0.1) is 0 Å². The number of hydrogen-bond donors (Lipinski definition) is 0. The maximum absolute atomic E-state index is 2.36. The zero-order valence-corrected chi connectivity index (χ0v) is 22.1. The van der Waals surface area contributed by atoms with Crippen LogP contribution in [0.4, 0.5) is 17.1 Å². The van der Waals surface area contributed by atoms with Crippen LogP contribution in [0.2, 0.25) is 0 Å². The lowest BCUT2D eigenvalue weighted by Crippen LogP contribution is -2.09. The second kappa shape index (κ2) is 10.1. The van der Waals surface area contributed by atoms with Gasteiger partial charge in [-0.1, -0.05) is 66.7 Å². The molecule has 0 aliphatic carbocycles. The van der Waals surface area contributed by atoms with E-state index in [0.717, 1.165) is 17.1 Å². The van der Waals surface area contributed by atoms with Gasteiger partial charge in [-0.15, -0.1) is 0 Å². The maximum Gasteiger partial charge on any atom is 0.0462 e. The molecule has 0 amide bonds. The molecule has 5 aromatic carbocycles. The summed E-state index contributed by atoms with van der Waals surface area (Å²) in [5, 5.41) is 0. The molecule has 0 saturated carbocycles. The molecule has 160 valence electrons. The van der Waals surface area contributed by atoms with Crippen LogP contribution in [0.15, 0.2) is 127 Å². The minimum Gasteiger partial charge on any atom is -0.311 e. The molecule has 0 heterocycles. The minimum atomic E-state index is 1.14. The Bertz CT molecular complexity index is 1270. The van der Waals surface area contributed by atoms with Gasteiger partial charge in [0.1, 0.15) is 0 Å². The van der Waals surface area contributed by atoms with Crippen LogP contribution in [0.5, 0.6) is 0 Å². The summed E-state index contributed by atoms with van der Waals surface area (Å²) in [6.07, 6.45) is 0. The lowest BCUT2D eigenvalue weighted by atomic mass is 10.0. The fourth-order valence-corrected chi connectivity index (χ4v) is 5.05. The van der Waals surface area contributed by atoms with E-state index in [1.807, 2.05) is 0 Å². The second-order valence-corrected chi connectivity index (χ2v) is 10.3. The lowest BCUT2D eigenvalue weighted by Gasteiger charge is -2.26. The van der Waals surface area contributed by atoms with Crippen molar-refractivity contribution in [3.8, 4) is 22.3 Å². The third-order valence-corrected chi connectivity index (χ3v) is 6.92. The van der Waals surface area contributed by atoms with Crippen molar-refractivity contribution in [1.29, 1.82) is 0 Å². The fraction of sp³-hybridized carbons (Fsp3) is 0. The van der Waals surface area contributed by atoms with E-state index in [0.29, 0.717) is 0 Å². The van der Waals surface area contributed by atoms with Gasteiger partial charge in [0.2, 0.25) is 0 Å². The molecule has 0 spiro atoms. The fourth-order valence-electron chi connectivity index (χ4n) is 3.97. The third kappa shape index (κ3) is 5.14. The molecule has 0 aliphatic heterocycles. The van der Waals surface area contributed by atoms with E-state index in [1.54, 1.807) is 0 Å². The summed E-state index contributed by atoms with van der Waals surface area (Å²) in [5.41, 5.74) is 8.33. The average Bonchev–Trinajstić information content (AvgIpc) is 2.86.